The second kappa shape index (κ2) is 4.31. The number of thiazole rings is 1. The molecule has 2 rings (SSSR count). The molecule has 15 heavy (non-hydrogen) atoms. The summed E-state index contributed by atoms with van der Waals surface area (Å²) >= 11 is 1.43. The third-order valence-corrected chi connectivity index (χ3v) is 2.74. The first-order valence-corrected chi connectivity index (χ1v) is 5.51. The predicted octanol–water partition coefficient (Wildman–Crippen LogP) is 2.61. The number of ether oxygens (including phenoxy) is 1. The molecule has 0 spiro atoms. The van der Waals surface area contributed by atoms with E-state index in [2.05, 4.69) is 4.98 Å². The molecule has 0 aliphatic rings. The van der Waals surface area contributed by atoms with Crippen LogP contribution in [0.25, 0.3) is 0 Å². The fraction of sp³-hybridized carbons (Fsp3) is 0.182. The Balaban J connectivity index is 2.02. The van der Waals surface area contributed by atoms with E-state index in [1.54, 1.807) is 5.51 Å². The van der Waals surface area contributed by atoms with E-state index in [-0.39, 0.29) is 0 Å². The fourth-order valence-corrected chi connectivity index (χ4v) is 1.78. The standard InChI is InChI=1S/C11H12N2OS/c1-8-3-2-4-9(5-8)14-6-10-11(12)15-7-13-10/h2-5,7H,6,12H2,1H3. The molecule has 0 aliphatic carbocycles. The number of rotatable bonds is 3. The van der Waals surface area contributed by atoms with Crippen molar-refractivity contribution in [1.82, 2.24) is 4.98 Å². The van der Waals surface area contributed by atoms with Crippen molar-refractivity contribution in [2.75, 3.05) is 5.73 Å². The van der Waals surface area contributed by atoms with Gasteiger partial charge in [0.15, 0.2) is 0 Å². The summed E-state index contributed by atoms with van der Waals surface area (Å²) in [6, 6.07) is 7.91. The SMILES string of the molecule is Cc1cccc(OCc2ncsc2N)c1. The molecule has 0 radical (unpaired) electrons. The molecule has 2 aromatic rings. The summed E-state index contributed by atoms with van der Waals surface area (Å²) in [6.07, 6.45) is 0. The minimum Gasteiger partial charge on any atom is -0.487 e. The van der Waals surface area contributed by atoms with Crippen LogP contribution in [-0.4, -0.2) is 4.98 Å². The van der Waals surface area contributed by atoms with E-state index < -0.39 is 0 Å². The number of hydrogen-bond donors (Lipinski definition) is 1. The maximum atomic E-state index is 5.71. The third kappa shape index (κ3) is 2.47. The van der Waals surface area contributed by atoms with E-state index in [1.807, 2.05) is 31.2 Å². The minimum atomic E-state index is 0.429. The zero-order chi connectivity index (χ0) is 10.7. The summed E-state index contributed by atoms with van der Waals surface area (Å²) < 4.78 is 5.58. The number of aromatic nitrogens is 1. The highest BCUT2D eigenvalue weighted by molar-refractivity contribution is 7.13. The highest BCUT2D eigenvalue weighted by Crippen LogP contribution is 2.19. The number of nitrogens with two attached hydrogens (primary N) is 1. The lowest BCUT2D eigenvalue weighted by molar-refractivity contribution is 0.302. The van der Waals surface area contributed by atoms with Gasteiger partial charge in [-0.15, -0.1) is 11.3 Å². The van der Waals surface area contributed by atoms with Gasteiger partial charge < -0.3 is 10.5 Å². The van der Waals surface area contributed by atoms with Crippen LogP contribution in [0.3, 0.4) is 0 Å². The molecule has 0 atom stereocenters. The first-order valence-electron chi connectivity index (χ1n) is 4.63. The number of nitrogen functional groups attached to an aromatic ring is 1. The summed E-state index contributed by atoms with van der Waals surface area (Å²) in [5.41, 5.74) is 9.42. The topological polar surface area (TPSA) is 48.1 Å². The Morgan fingerprint density at radius 1 is 1.47 bits per heavy atom. The van der Waals surface area contributed by atoms with Crippen molar-refractivity contribution >= 4 is 16.3 Å². The van der Waals surface area contributed by atoms with E-state index >= 15 is 0 Å². The first-order chi connectivity index (χ1) is 7.25. The van der Waals surface area contributed by atoms with Gasteiger partial charge in [-0.05, 0) is 24.6 Å². The van der Waals surface area contributed by atoms with Crippen LogP contribution in [-0.2, 0) is 6.61 Å². The van der Waals surface area contributed by atoms with Crippen molar-refractivity contribution in [3.05, 3.63) is 41.0 Å². The number of anilines is 1. The lowest BCUT2D eigenvalue weighted by Gasteiger charge is -2.05. The van der Waals surface area contributed by atoms with Gasteiger partial charge >= 0.3 is 0 Å². The Hall–Kier alpha value is -1.55. The molecule has 0 saturated heterocycles. The Bertz CT molecular complexity index is 453. The zero-order valence-corrected chi connectivity index (χ0v) is 9.25. The van der Waals surface area contributed by atoms with Crippen molar-refractivity contribution in [2.45, 2.75) is 13.5 Å². The lowest BCUT2D eigenvalue weighted by atomic mass is 10.2. The molecule has 1 aromatic carbocycles. The maximum absolute atomic E-state index is 5.71. The van der Waals surface area contributed by atoms with E-state index in [9.17, 15) is 0 Å². The smallest absolute Gasteiger partial charge is 0.133 e. The number of nitrogens with zero attached hydrogens (tertiary/aromatic N) is 1. The van der Waals surface area contributed by atoms with Gasteiger partial charge in [-0.1, -0.05) is 12.1 Å². The van der Waals surface area contributed by atoms with Gasteiger partial charge in [-0.2, -0.15) is 0 Å². The van der Waals surface area contributed by atoms with Crippen molar-refractivity contribution in [2.24, 2.45) is 0 Å². The maximum Gasteiger partial charge on any atom is 0.133 e. The van der Waals surface area contributed by atoms with Crippen LogP contribution in [0.4, 0.5) is 5.00 Å². The quantitative estimate of drug-likeness (QED) is 0.865. The van der Waals surface area contributed by atoms with Crippen LogP contribution in [0.2, 0.25) is 0 Å². The molecule has 0 aliphatic heterocycles. The van der Waals surface area contributed by atoms with Crippen LogP contribution in [0, 0.1) is 6.92 Å². The molecule has 0 amide bonds. The van der Waals surface area contributed by atoms with E-state index in [0.29, 0.717) is 6.61 Å². The van der Waals surface area contributed by atoms with Crippen molar-refractivity contribution in [1.29, 1.82) is 0 Å². The molecule has 1 heterocycles. The molecule has 0 unspecified atom stereocenters. The minimum absolute atomic E-state index is 0.429. The van der Waals surface area contributed by atoms with E-state index in [1.165, 1.54) is 16.9 Å². The van der Waals surface area contributed by atoms with Crippen molar-refractivity contribution in [3.8, 4) is 5.75 Å². The van der Waals surface area contributed by atoms with Gasteiger partial charge in [0.05, 0.1) is 5.51 Å². The molecule has 0 saturated carbocycles. The summed E-state index contributed by atoms with van der Waals surface area (Å²) in [5.74, 6) is 0.849. The molecule has 78 valence electrons. The highest BCUT2D eigenvalue weighted by atomic mass is 32.1. The Morgan fingerprint density at radius 2 is 2.33 bits per heavy atom. The monoisotopic (exact) mass is 220 g/mol. The molecule has 0 fully saturated rings. The lowest BCUT2D eigenvalue weighted by Crippen LogP contribution is -1.98. The zero-order valence-electron chi connectivity index (χ0n) is 8.43. The average molecular weight is 220 g/mol. The van der Waals surface area contributed by atoms with Crippen LogP contribution in [0.1, 0.15) is 11.3 Å². The van der Waals surface area contributed by atoms with Crippen LogP contribution >= 0.6 is 11.3 Å². The Morgan fingerprint density at radius 3 is 3.00 bits per heavy atom. The fourth-order valence-electron chi connectivity index (χ4n) is 1.24. The summed E-state index contributed by atoms with van der Waals surface area (Å²) in [4.78, 5) is 4.12. The molecule has 2 N–H and O–H groups in total. The van der Waals surface area contributed by atoms with Gasteiger partial charge in [-0.3, -0.25) is 0 Å². The number of hydrogen-bond acceptors (Lipinski definition) is 4. The number of aryl methyl sites for hydroxylation is 1. The molecule has 3 nitrogen and oxygen atoms in total. The molecular weight excluding hydrogens is 208 g/mol. The molecule has 0 bridgehead atoms. The predicted molar refractivity (Wildman–Crippen MR) is 62.0 cm³/mol. The van der Waals surface area contributed by atoms with Gasteiger partial charge in [0.2, 0.25) is 0 Å². The molecular formula is C11H12N2OS. The third-order valence-electron chi connectivity index (χ3n) is 2.04. The molecule has 1 aromatic heterocycles. The average Bonchev–Trinajstić information content (AvgIpc) is 2.61. The van der Waals surface area contributed by atoms with Crippen molar-refractivity contribution < 1.29 is 4.74 Å². The van der Waals surface area contributed by atoms with Gasteiger partial charge in [0, 0.05) is 0 Å². The van der Waals surface area contributed by atoms with Crippen LogP contribution in [0.5, 0.6) is 5.75 Å². The second-order valence-electron chi connectivity index (χ2n) is 3.27. The largest absolute Gasteiger partial charge is 0.487 e. The van der Waals surface area contributed by atoms with Crippen LogP contribution in [0.15, 0.2) is 29.8 Å². The summed E-state index contributed by atoms with van der Waals surface area (Å²) in [6.45, 7) is 2.46. The summed E-state index contributed by atoms with van der Waals surface area (Å²) in [7, 11) is 0. The van der Waals surface area contributed by atoms with Gasteiger partial charge in [0.25, 0.3) is 0 Å². The summed E-state index contributed by atoms with van der Waals surface area (Å²) in [5, 5.41) is 0.725. The van der Waals surface area contributed by atoms with Gasteiger partial charge in [0.1, 0.15) is 23.1 Å². The Kier molecular flexibility index (Phi) is 2.87. The van der Waals surface area contributed by atoms with Gasteiger partial charge in [-0.25, -0.2) is 4.98 Å². The van der Waals surface area contributed by atoms with Crippen LogP contribution < -0.4 is 10.5 Å². The van der Waals surface area contributed by atoms with E-state index in [4.69, 9.17) is 10.5 Å². The normalized spacial score (nSPS) is 10.2. The number of benzene rings is 1. The highest BCUT2D eigenvalue weighted by Gasteiger charge is 2.02. The van der Waals surface area contributed by atoms with Crippen molar-refractivity contribution in [3.63, 3.8) is 0 Å². The van der Waals surface area contributed by atoms with E-state index in [0.717, 1.165) is 16.4 Å². The molecule has 4 heteroatoms. The Labute approximate surface area is 92.5 Å². The second-order valence-corrected chi connectivity index (χ2v) is 4.15. The first kappa shape index (κ1) is 9.98.